The minimum Gasteiger partial charge on any atom is -0.493 e. The summed E-state index contributed by atoms with van der Waals surface area (Å²) in [6.45, 7) is 5.87. The van der Waals surface area contributed by atoms with E-state index in [1.165, 1.54) is 5.39 Å². The van der Waals surface area contributed by atoms with Crippen LogP contribution in [0.2, 0.25) is 0 Å². The summed E-state index contributed by atoms with van der Waals surface area (Å²) in [6.07, 6.45) is 4.45. The van der Waals surface area contributed by atoms with Gasteiger partial charge >= 0.3 is 0 Å². The lowest BCUT2D eigenvalue weighted by molar-refractivity contribution is 0.297. The Morgan fingerprint density at radius 2 is 1.55 bits per heavy atom. The zero-order chi connectivity index (χ0) is 14.2. The molecule has 0 spiro atoms. The van der Waals surface area contributed by atoms with E-state index in [4.69, 9.17) is 9.47 Å². The van der Waals surface area contributed by atoms with Crippen LogP contribution in [0.1, 0.15) is 39.5 Å². The molecule has 2 rings (SSSR count). The third-order valence-electron chi connectivity index (χ3n) is 3.32. The first-order valence-corrected chi connectivity index (χ1v) is 7.63. The summed E-state index contributed by atoms with van der Waals surface area (Å²) in [5, 5.41) is 2.33. The predicted octanol–water partition coefficient (Wildman–Crippen LogP) is 5.20. The lowest BCUT2D eigenvalue weighted by atomic mass is 10.1. The van der Waals surface area contributed by atoms with Gasteiger partial charge in [-0.1, -0.05) is 51.0 Å². The molecule has 0 amide bonds. The van der Waals surface area contributed by atoms with Crippen molar-refractivity contribution in [2.45, 2.75) is 39.5 Å². The van der Waals surface area contributed by atoms with Crippen molar-refractivity contribution in [3.05, 3.63) is 36.4 Å². The molecule has 0 saturated heterocycles. The molecule has 2 nitrogen and oxygen atoms in total. The lowest BCUT2D eigenvalue weighted by Gasteiger charge is -2.12. The second kappa shape index (κ2) is 7.78. The minimum atomic E-state index is 0.763. The van der Waals surface area contributed by atoms with Gasteiger partial charge in [0.05, 0.1) is 13.2 Å². The standard InChI is InChI=1S/C18H24O2/c1-3-5-11-19-16-13-15-9-7-8-10-17(15)18(14-16)20-12-6-4-2/h7-10,13-14H,3-6,11-12H2,1-2H3. The van der Waals surface area contributed by atoms with Crippen LogP contribution in [0.4, 0.5) is 0 Å². The third kappa shape index (κ3) is 3.89. The fourth-order valence-corrected chi connectivity index (χ4v) is 2.11. The fraction of sp³-hybridized carbons (Fsp3) is 0.444. The Hall–Kier alpha value is -1.70. The first-order chi connectivity index (χ1) is 9.85. The maximum absolute atomic E-state index is 5.93. The van der Waals surface area contributed by atoms with Gasteiger partial charge < -0.3 is 9.47 Å². The number of hydrogen-bond acceptors (Lipinski definition) is 2. The van der Waals surface area contributed by atoms with Gasteiger partial charge in [-0.15, -0.1) is 0 Å². The van der Waals surface area contributed by atoms with Crippen LogP contribution in [0, 0.1) is 0 Å². The average Bonchev–Trinajstić information content (AvgIpc) is 2.48. The first kappa shape index (κ1) is 14.7. The molecule has 0 bridgehead atoms. The van der Waals surface area contributed by atoms with Crippen LogP contribution in [0.3, 0.4) is 0 Å². The number of hydrogen-bond donors (Lipinski definition) is 0. The van der Waals surface area contributed by atoms with E-state index in [1.807, 2.05) is 18.2 Å². The van der Waals surface area contributed by atoms with Gasteiger partial charge in [-0.05, 0) is 24.3 Å². The Kier molecular flexibility index (Phi) is 5.72. The largest absolute Gasteiger partial charge is 0.493 e. The molecular weight excluding hydrogens is 248 g/mol. The molecule has 20 heavy (non-hydrogen) atoms. The summed E-state index contributed by atoms with van der Waals surface area (Å²) < 4.78 is 11.7. The van der Waals surface area contributed by atoms with E-state index in [1.54, 1.807) is 0 Å². The summed E-state index contributed by atoms with van der Waals surface area (Å²) >= 11 is 0. The molecule has 0 N–H and O–H groups in total. The van der Waals surface area contributed by atoms with Gasteiger partial charge in [0, 0.05) is 11.5 Å². The monoisotopic (exact) mass is 272 g/mol. The quantitative estimate of drug-likeness (QED) is 0.615. The summed E-state index contributed by atoms with van der Waals surface area (Å²) in [7, 11) is 0. The third-order valence-corrected chi connectivity index (χ3v) is 3.32. The molecule has 0 atom stereocenters. The van der Waals surface area contributed by atoms with Gasteiger partial charge in [-0.25, -0.2) is 0 Å². The van der Waals surface area contributed by atoms with Crippen LogP contribution in [0.15, 0.2) is 36.4 Å². The zero-order valence-electron chi connectivity index (χ0n) is 12.5. The molecule has 0 radical (unpaired) electrons. The van der Waals surface area contributed by atoms with Crippen LogP contribution in [0.5, 0.6) is 11.5 Å². The van der Waals surface area contributed by atoms with Crippen LogP contribution >= 0.6 is 0 Å². The molecule has 0 unspecified atom stereocenters. The summed E-state index contributed by atoms with van der Waals surface area (Å²) in [5.74, 6) is 1.84. The van der Waals surface area contributed by atoms with Gasteiger partial charge in [0.25, 0.3) is 0 Å². The van der Waals surface area contributed by atoms with Gasteiger partial charge in [-0.3, -0.25) is 0 Å². The van der Waals surface area contributed by atoms with E-state index in [9.17, 15) is 0 Å². The van der Waals surface area contributed by atoms with Crippen molar-refractivity contribution in [2.24, 2.45) is 0 Å². The highest BCUT2D eigenvalue weighted by Crippen LogP contribution is 2.31. The SMILES string of the molecule is CCCCOc1cc(OCCCC)c2ccccc2c1. The molecule has 0 aliphatic heterocycles. The van der Waals surface area contributed by atoms with E-state index in [0.29, 0.717) is 0 Å². The molecule has 0 aromatic heterocycles. The van der Waals surface area contributed by atoms with E-state index >= 15 is 0 Å². The van der Waals surface area contributed by atoms with Crippen molar-refractivity contribution >= 4 is 10.8 Å². The maximum Gasteiger partial charge on any atom is 0.130 e. The van der Waals surface area contributed by atoms with Crippen molar-refractivity contribution < 1.29 is 9.47 Å². The molecule has 0 heterocycles. The lowest BCUT2D eigenvalue weighted by Crippen LogP contribution is -2.00. The summed E-state index contributed by atoms with van der Waals surface area (Å²) in [4.78, 5) is 0. The number of fused-ring (bicyclic) bond motifs is 1. The normalized spacial score (nSPS) is 10.7. The fourth-order valence-electron chi connectivity index (χ4n) is 2.11. The van der Waals surface area contributed by atoms with E-state index in [-0.39, 0.29) is 0 Å². The highest BCUT2D eigenvalue weighted by atomic mass is 16.5. The molecule has 0 aliphatic rings. The molecule has 2 aromatic rings. The van der Waals surface area contributed by atoms with Gasteiger partial charge in [0.1, 0.15) is 11.5 Å². The Bertz CT molecular complexity index is 534. The molecule has 0 aliphatic carbocycles. The van der Waals surface area contributed by atoms with E-state index in [2.05, 4.69) is 32.0 Å². The Labute approximate surface area is 121 Å². The predicted molar refractivity (Wildman–Crippen MR) is 84.8 cm³/mol. The first-order valence-electron chi connectivity index (χ1n) is 7.63. The molecular formula is C18H24O2. The Morgan fingerprint density at radius 3 is 2.30 bits per heavy atom. The molecule has 0 saturated carbocycles. The number of ether oxygens (including phenoxy) is 2. The summed E-state index contributed by atoms with van der Waals surface area (Å²) in [5.41, 5.74) is 0. The Morgan fingerprint density at radius 1 is 0.850 bits per heavy atom. The van der Waals surface area contributed by atoms with Crippen LogP contribution in [0.25, 0.3) is 10.8 Å². The molecule has 2 aromatic carbocycles. The molecule has 0 fully saturated rings. The Balaban J connectivity index is 2.21. The van der Waals surface area contributed by atoms with Crippen molar-refractivity contribution in [1.82, 2.24) is 0 Å². The van der Waals surface area contributed by atoms with E-state index in [0.717, 1.165) is 55.8 Å². The maximum atomic E-state index is 5.93. The second-order valence-corrected chi connectivity index (χ2v) is 5.05. The van der Waals surface area contributed by atoms with Crippen LogP contribution in [-0.4, -0.2) is 13.2 Å². The van der Waals surface area contributed by atoms with Gasteiger partial charge in [-0.2, -0.15) is 0 Å². The smallest absolute Gasteiger partial charge is 0.130 e. The number of unbranched alkanes of at least 4 members (excludes halogenated alkanes) is 2. The number of rotatable bonds is 8. The highest BCUT2D eigenvalue weighted by Gasteiger charge is 2.06. The van der Waals surface area contributed by atoms with Crippen molar-refractivity contribution in [3.8, 4) is 11.5 Å². The summed E-state index contributed by atoms with van der Waals surface area (Å²) in [6, 6.07) is 12.4. The topological polar surface area (TPSA) is 18.5 Å². The molecule has 108 valence electrons. The van der Waals surface area contributed by atoms with Crippen molar-refractivity contribution in [3.63, 3.8) is 0 Å². The second-order valence-electron chi connectivity index (χ2n) is 5.05. The van der Waals surface area contributed by atoms with E-state index < -0.39 is 0 Å². The number of benzene rings is 2. The zero-order valence-corrected chi connectivity index (χ0v) is 12.5. The van der Waals surface area contributed by atoms with Gasteiger partial charge in [0.2, 0.25) is 0 Å². The van der Waals surface area contributed by atoms with Crippen molar-refractivity contribution in [2.75, 3.05) is 13.2 Å². The van der Waals surface area contributed by atoms with Gasteiger partial charge in [0.15, 0.2) is 0 Å². The average molecular weight is 272 g/mol. The van der Waals surface area contributed by atoms with Crippen LogP contribution < -0.4 is 9.47 Å². The molecule has 2 heteroatoms. The minimum absolute atomic E-state index is 0.763. The van der Waals surface area contributed by atoms with Crippen LogP contribution in [-0.2, 0) is 0 Å². The highest BCUT2D eigenvalue weighted by molar-refractivity contribution is 5.89. The van der Waals surface area contributed by atoms with Crippen molar-refractivity contribution in [1.29, 1.82) is 0 Å².